The molecule has 0 nitrogen and oxygen atoms in total. The minimum atomic E-state index is -0.556. The molecule has 97 valence electrons. The summed E-state index contributed by atoms with van der Waals surface area (Å²) in [6.07, 6.45) is 7.20. The topological polar surface area (TPSA) is 0 Å². The monoisotopic (exact) mass is 273 g/mol. The Labute approximate surface area is 122 Å². The summed E-state index contributed by atoms with van der Waals surface area (Å²) in [5, 5.41) is 3.32. The average Bonchev–Trinajstić information content (AvgIpc) is 3.10. The first-order valence-electron chi connectivity index (χ1n) is 7.22. The Bertz CT molecular complexity index is 673. The molecule has 0 saturated heterocycles. The third-order valence-corrected chi connectivity index (χ3v) is 7.06. The zero-order valence-corrected chi connectivity index (χ0v) is 12.7. The molecule has 0 spiro atoms. The third kappa shape index (κ3) is 1.90. The van der Waals surface area contributed by atoms with Crippen LogP contribution in [0.2, 0.25) is 6.55 Å². The van der Waals surface area contributed by atoms with Crippen LogP contribution in [-0.4, -0.2) is 8.80 Å². The quantitative estimate of drug-likeness (QED) is 0.708. The molecule has 0 bridgehead atoms. The van der Waals surface area contributed by atoms with Crippen molar-refractivity contribution >= 4 is 20.9 Å². The van der Waals surface area contributed by atoms with Gasteiger partial charge in [0.25, 0.3) is 0 Å². The number of benzene rings is 2. The van der Waals surface area contributed by atoms with Crippen molar-refractivity contribution in [2.45, 2.75) is 19.4 Å². The lowest BCUT2D eigenvalue weighted by molar-refractivity contribution is 1.24. The molecule has 0 aromatic heterocycles. The van der Waals surface area contributed by atoms with Crippen molar-refractivity contribution in [3.63, 3.8) is 0 Å². The molecule has 2 aliphatic carbocycles. The van der Waals surface area contributed by atoms with Gasteiger partial charge in [0.1, 0.15) is 8.80 Å². The van der Waals surface area contributed by atoms with Crippen molar-refractivity contribution in [2.24, 2.45) is 0 Å². The van der Waals surface area contributed by atoms with Crippen molar-refractivity contribution < 1.29 is 0 Å². The predicted molar refractivity (Wildman–Crippen MR) is 87.9 cm³/mol. The van der Waals surface area contributed by atoms with E-state index in [1.54, 1.807) is 10.4 Å². The summed E-state index contributed by atoms with van der Waals surface area (Å²) in [6.45, 7) is 2.46. The molecule has 0 atom stereocenters. The van der Waals surface area contributed by atoms with E-state index in [4.69, 9.17) is 0 Å². The van der Waals surface area contributed by atoms with Gasteiger partial charge < -0.3 is 0 Å². The van der Waals surface area contributed by atoms with Gasteiger partial charge in [-0.3, -0.25) is 0 Å². The Morgan fingerprint density at radius 3 is 1.60 bits per heavy atom. The minimum absolute atomic E-state index is 0.556. The van der Waals surface area contributed by atoms with Gasteiger partial charge >= 0.3 is 0 Å². The zero-order valence-electron chi connectivity index (χ0n) is 11.7. The summed E-state index contributed by atoms with van der Waals surface area (Å²) in [7, 11) is -0.556. The van der Waals surface area contributed by atoms with Gasteiger partial charge in [-0.2, -0.15) is 0 Å². The van der Waals surface area contributed by atoms with Gasteiger partial charge in [0.15, 0.2) is 0 Å². The number of allylic oxidation sites excluding steroid dienone is 2. The van der Waals surface area contributed by atoms with Crippen LogP contribution < -0.4 is 0 Å². The van der Waals surface area contributed by atoms with Gasteiger partial charge in [0.05, 0.1) is 0 Å². The first-order chi connectivity index (χ1) is 9.81. The highest BCUT2D eigenvalue weighted by Crippen LogP contribution is 2.33. The molecule has 0 heterocycles. The van der Waals surface area contributed by atoms with E-state index in [0.29, 0.717) is 0 Å². The Morgan fingerprint density at radius 1 is 0.700 bits per heavy atom. The fourth-order valence-electron chi connectivity index (χ4n) is 3.25. The second-order valence-corrected chi connectivity index (χ2v) is 8.25. The molecule has 0 amide bonds. The zero-order chi connectivity index (χ0) is 13.5. The van der Waals surface area contributed by atoms with Crippen LogP contribution in [0.4, 0.5) is 0 Å². The highest BCUT2D eigenvalue weighted by atomic mass is 28.3. The van der Waals surface area contributed by atoms with Gasteiger partial charge in [-0.25, -0.2) is 0 Å². The molecule has 0 saturated carbocycles. The highest BCUT2D eigenvalue weighted by Gasteiger charge is 2.24. The largest absolute Gasteiger partial charge is 0.108 e. The molecule has 1 heteroatoms. The van der Waals surface area contributed by atoms with E-state index >= 15 is 0 Å². The second-order valence-electron chi connectivity index (χ2n) is 5.72. The summed E-state index contributed by atoms with van der Waals surface area (Å²) in [5.74, 6) is 0. The molecule has 0 aliphatic heterocycles. The molecular formula is C19H17Si. The van der Waals surface area contributed by atoms with E-state index in [0.717, 1.165) is 12.8 Å². The Kier molecular flexibility index (Phi) is 2.74. The van der Waals surface area contributed by atoms with Crippen LogP contribution in [0.25, 0.3) is 12.2 Å². The lowest BCUT2D eigenvalue weighted by atomic mass is 10.1. The maximum absolute atomic E-state index is 2.46. The molecule has 2 aromatic rings. The van der Waals surface area contributed by atoms with E-state index in [1.807, 2.05) is 0 Å². The van der Waals surface area contributed by atoms with Gasteiger partial charge in [-0.15, -0.1) is 0 Å². The molecule has 0 fully saturated rings. The lowest BCUT2D eigenvalue weighted by Crippen LogP contribution is -2.16. The maximum atomic E-state index is 2.46. The van der Waals surface area contributed by atoms with Crippen LogP contribution in [0, 0.1) is 0 Å². The molecule has 2 aliphatic rings. The molecular weight excluding hydrogens is 256 g/mol. The van der Waals surface area contributed by atoms with E-state index in [9.17, 15) is 0 Å². The lowest BCUT2D eigenvalue weighted by Gasteiger charge is -2.12. The summed E-state index contributed by atoms with van der Waals surface area (Å²) < 4.78 is 0. The number of hydrogen-bond donors (Lipinski definition) is 0. The van der Waals surface area contributed by atoms with Crippen molar-refractivity contribution in [3.05, 3.63) is 81.2 Å². The SMILES string of the molecule is C[Si](C1=Cc2ccccc2C1)C1=Cc2ccccc2C1. The van der Waals surface area contributed by atoms with Crippen molar-refractivity contribution in [2.75, 3.05) is 0 Å². The normalized spacial score (nSPS) is 15.9. The molecule has 4 rings (SSSR count). The van der Waals surface area contributed by atoms with E-state index in [1.165, 1.54) is 22.3 Å². The average molecular weight is 273 g/mol. The van der Waals surface area contributed by atoms with E-state index in [-0.39, 0.29) is 0 Å². The van der Waals surface area contributed by atoms with Crippen LogP contribution in [0.15, 0.2) is 58.9 Å². The minimum Gasteiger partial charge on any atom is -0.0728 e. The molecule has 2 aromatic carbocycles. The van der Waals surface area contributed by atoms with Crippen LogP contribution in [-0.2, 0) is 12.8 Å². The Balaban J connectivity index is 1.61. The summed E-state index contributed by atoms with van der Waals surface area (Å²) in [6, 6.07) is 17.6. The highest BCUT2D eigenvalue weighted by molar-refractivity contribution is 6.74. The first kappa shape index (κ1) is 11.9. The van der Waals surface area contributed by atoms with Crippen LogP contribution in [0.5, 0.6) is 0 Å². The van der Waals surface area contributed by atoms with Crippen molar-refractivity contribution in [3.8, 4) is 0 Å². The van der Waals surface area contributed by atoms with Crippen LogP contribution >= 0.6 is 0 Å². The standard InChI is InChI=1S/C19H17Si/c1-20(18-10-14-6-2-3-7-15(14)11-18)19-12-16-8-4-5-9-17(16)13-19/h2-10,12H,11,13H2,1H3. The first-order valence-corrected chi connectivity index (χ1v) is 9.22. The fraction of sp³-hybridized carbons (Fsp3) is 0.158. The summed E-state index contributed by atoms with van der Waals surface area (Å²) >= 11 is 0. The van der Waals surface area contributed by atoms with E-state index < -0.39 is 8.80 Å². The van der Waals surface area contributed by atoms with Gasteiger partial charge in [-0.05, 0) is 35.1 Å². The number of fused-ring (bicyclic) bond motifs is 2. The van der Waals surface area contributed by atoms with Crippen molar-refractivity contribution in [1.82, 2.24) is 0 Å². The molecule has 20 heavy (non-hydrogen) atoms. The number of hydrogen-bond acceptors (Lipinski definition) is 0. The van der Waals surface area contributed by atoms with Gasteiger partial charge in [-0.1, -0.05) is 77.6 Å². The summed E-state index contributed by atoms with van der Waals surface area (Å²) in [4.78, 5) is 0. The van der Waals surface area contributed by atoms with Crippen molar-refractivity contribution in [1.29, 1.82) is 0 Å². The smallest absolute Gasteiger partial charge is 0.0728 e. The van der Waals surface area contributed by atoms with Crippen LogP contribution in [0.3, 0.4) is 0 Å². The van der Waals surface area contributed by atoms with Gasteiger partial charge in [0.2, 0.25) is 0 Å². The maximum Gasteiger partial charge on any atom is 0.108 e. The molecule has 0 N–H and O–H groups in total. The molecule has 0 unspecified atom stereocenters. The molecule has 1 radical (unpaired) electrons. The third-order valence-electron chi connectivity index (χ3n) is 4.49. The fourth-order valence-corrected chi connectivity index (χ4v) is 5.32. The number of rotatable bonds is 2. The van der Waals surface area contributed by atoms with Gasteiger partial charge in [0, 0.05) is 0 Å². The second kappa shape index (κ2) is 4.60. The Morgan fingerprint density at radius 2 is 1.15 bits per heavy atom. The Hall–Kier alpha value is -1.86. The summed E-state index contributed by atoms with van der Waals surface area (Å²) in [5.41, 5.74) is 5.87. The predicted octanol–water partition coefficient (Wildman–Crippen LogP) is 4.47. The van der Waals surface area contributed by atoms with Crippen LogP contribution in [0.1, 0.15) is 22.3 Å². The van der Waals surface area contributed by atoms with E-state index in [2.05, 4.69) is 67.2 Å².